The summed E-state index contributed by atoms with van der Waals surface area (Å²) in [7, 11) is 1.73. The van der Waals surface area contributed by atoms with Crippen molar-refractivity contribution in [2.75, 3.05) is 20.1 Å². The zero-order chi connectivity index (χ0) is 15.2. The Morgan fingerprint density at radius 1 is 1.19 bits per heavy atom. The van der Waals surface area contributed by atoms with Crippen LogP contribution in [-0.2, 0) is 4.79 Å². The lowest BCUT2D eigenvalue weighted by molar-refractivity contribution is -0.121. The molecule has 6 heteroatoms. The van der Waals surface area contributed by atoms with Gasteiger partial charge in [0.25, 0.3) is 0 Å². The highest BCUT2D eigenvalue weighted by Gasteiger charge is 2.28. The quantitative estimate of drug-likeness (QED) is 0.379. The average Bonchev–Trinajstić information content (AvgIpc) is 2.74. The summed E-state index contributed by atoms with van der Waals surface area (Å²) in [5.41, 5.74) is 0.165. The fourth-order valence-electron chi connectivity index (χ4n) is 2.55. The third-order valence-electron chi connectivity index (χ3n) is 3.65. The molecule has 0 aromatic rings. The molecule has 1 aliphatic rings. The predicted molar refractivity (Wildman–Crippen MR) is 99.3 cm³/mol. The number of hydrogen-bond donors (Lipinski definition) is 3. The van der Waals surface area contributed by atoms with Gasteiger partial charge in [0.2, 0.25) is 5.91 Å². The van der Waals surface area contributed by atoms with Gasteiger partial charge in [0, 0.05) is 19.1 Å². The summed E-state index contributed by atoms with van der Waals surface area (Å²) in [6.45, 7) is 9.38. The Bertz CT molecular complexity index is 357. The lowest BCUT2D eigenvalue weighted by Crippen LogP contribution is -2.49. The zero-order valence-corrected chi connectivity index (χ0v) is 16.3. The minimum atomic E-state index is -0.201. The Labute approximate surface area is 146 Å². The van der Waals surface area contributed by atoms with Gasteiger partial charge in [0.1, 0.15) is 0 Å². The highest BCUT2D eigenvalue weighted by molar-refractivity contribution is 14.0. The van der Waals surface area contributed by atoms with Gasteiger partial charge in [-0.3, -0.25) is 9.79 Å². The monoisotopic (exact) mass is 410 g/mol. The van der Waals surface area contributed by atoms with E-state index in [-0.39, 0.29) is 42.0 Å². The molecule has 124 valence electrons. The third kappa shape index (κ3) is 8.48. The highest BCUT2D eigenvalue weighted by atomic mass is 127. The Morgan fingerprint density at radius 2 is 1.76 bits per heavy atom. The van der Waals surface area contributed by atoms with Gasteiger partial charge in [-0.25, -0.2) is 0 Å². The van der Waals surface area contributed by atoms with Crippen LogP contribution in [0.5, 0.6) is 0 Å². The smallest absolute Gasteiger partial charge is 0.239 e. The van der Waals surface area contributed by atoms with Crippen LogP contribution in [0.4, 0.5) is 0 Å². The van der Waals surface area contributed by atoms with Crippen molar-refractivity contribution in [1.82, 2.24) is 16.0 Å². The number of rotatable bonds is 4. The molecule has 0 aromatic carbocycles. The maximum atomic E-state index is 11.7. The first-order chi connectivity index (χ1) is 9.24. The Morgan fingerprint density at radius 3 is 2.24 bits per heavy atom. The van der Waals surface area contributed by atoms with Crippen LogP contribution < -0.4 is 16.0 Å². The van der Waals surface area contributed by atoms with Crippen molar-refractivity contribution in [3.05, 3.63) is 0 Å². The van der Waals surface area contributed by atoms with Gasteiger partial charge in [-0.1, -0.05) is 19.8 Å². The number of halogens is 1. The molecule has 1 fully saturated rings. The van der Waals surface area contributed by atoms with Crippen LogP contribution >= 0.6 is 24.0 Å². The molecular formula is C15H31IN4O. The van der Waals surface area contributed by atoms with E-state index in [4.69, 9.17) is 0 Å². The lowest BCUT2D eigenvalue weighted by atomic mass is 9.89. The van der Waals surface area contributed by atoms with E-state index in [0.717, 1.165) is 6.54 Å². The van der Waals surface area contributed by atoms with Crippen molar-refractivity contribution in [2.24, 2.45) is 10.4 Å². The van der Waals surface area contributed by atoms with Gasteiger partial charge in [-0.2, -0.15) is 0 Å². The number of carbonyl (C=O) groups excluding carboxylic acids is 1. The molecule has 0 saturated heterocycles. The molecule has 1 aliphatic carbocycles. The maximum Gasteiger partial charge on any atom is 0.239 e. The van der Waals surface area contributed by atoms with Crippen LogP contribution in [0.15, 0.2) is 4.99 Å². The van der Waals surface area contributed by atoms with Crippen molar-refractivity contribution in [1.29, 1.82) is 0 Å². The van der Waals surface area contributed by atoms with Crippen LogP contribution in [0.3, 0.4) is 0 Å². The third-order valence-corrected chi connectivity index (χ3v) is 3.65. The molecule has 5 nitrogen and oxygen atoms in total. The standard InChI is InChI=1S/C15H30N4O.HI/c1-14(2,3)19-12(20)10-17-13(16-5)18-11-15(4)8-6-7-9-15;/h6-11H2,1-5H3,(H,19,20)(H2,16,17,18);1H. The van der Waals surface area contributed by atoms with Crippen LogP contribution in [0, 0.1) is 5.41 Å². The second kappa shape index (κ2) is 8.80. The van der Waals surface area contributed by atoms with E-state index in [0.29, 0.717) is 11.4 Å². The van der Waals surface area contributed by atoms with E-state index in [1.807, 2.05) is 20.8 Å². The first kappa shape index (κ1) is 20.5. The molecule has 0 atom stereocenters. The molecule has 1 amide bonds. The second-order valence-corrected chi connectivity index (χ2v) is 7.10. The summed E-state index contributed by atoms with van der Waals surface area (Å²) in [6.07, 6.45) is 5.17. The molecule has 0 bridgehead atoms. The van der Waals surface area contributed by atoms with E-state index in [1.165, 1.54) is 25.7 Å². The molecule has 0 unspecified atom stereocenters. The topological polar surface area (TPSA) is 65.5 Å². The minimum Gasteiger partial charge on any atom is -0.356 e. The summed E-state index contributed by atoms with van der Waals surface area (Å²) < 4.78 is 0. The van der Waals surface area contributed by atoms with Crippen molar-refractivity contribution in [2.45, 2.75) is 58.9 Å². The number of hydrogen-bond acceptors (Lipinski definition) is 2. The fourth-order valence-corrected chi connectivity index (χ4v) is 2.55. The summed E-state index contributed by atoms with van der Waals surface area (Å²) in [5.74, 6) is 0.676. The fraction of sp³-hybridized carbons (Fsp3) is 0.867. The number of nitrogens with zero attached hydrogens (tertiary/aromatic N) is 1. The highest BCUT2D eigenvalue weighted by Crippen LogP contribution is 2.36. The van der Waals surface area contributed by atoms with E-state index in [2.05, 4.69) is 27.9 Å². The summed E-state index contributed by atoms with van der Waals surface area (Å²) in [4.78, 5) is 15.9. The maximum absolute atomic E-state index is 11.7. The average molecular weight is 410 g/mol. The van der Waals surface area contributed by atoms with Crippen molar-refractivity contribution < 1.29 is 4.79 Å². The van der Waals surface area contributed by atoms with Gasteiger partial charge < -0.3 is 16.0 Å². The van der Waals surface area contributed by atoms with E-state index >= 15 is 0 Å². The first-order valence-electron chi connectivity index (χ1n) is 7.50. The molecule has 1 saturated carbocycles. The SMILES string of the molecule is CN=C(NCC(=O)NC(C)(C)C)NCC1(C)CCCC1.I. The van der Waals surface area contributed by atoms with Gasteiger partial charge in [-0.05, 0) is 39.0 Å². The number of amides is 1. The molecule has 0 heterocycles. The molecule has 0 spiro atoms. The molecule has 0 radical (unpaired) electrons. The molecule has 0 aliphatic heterocycles. The van der Waals surface area contributed by atoms with Crippen LogP contribution in [0.2, 0.25) is 0 Å². The molecule has 21 heavy (non-hydrogen) atoms. The molecule has 0 aromatic heterocycles. The van der Waals surface area contributed by atoms with Crippen molar-refractivity contribution >= 4 is 35.8 Å². The predicted octanol–water partition coefficient (Wildman–Crippen LogP) is 2.26. The van der Waals surface area contributed by atoms with Crippen LogP contribution in [0.1, 0.15) is 53.4 Å². The van der Waals surface area contributed by atoms with Gasteiger partial charge >= 0.3 is 0 Å². The normalized spacial score (nSPS) is 17.9. The lowest BCUT2D eigenvalue weighted by Gasteiger charge is -2.25. The molecular weight excluding hydrogens is 379 g/mol. The number of nitrogens with one attached hydrogen (secondary N) is 3. The summed E-state index contributed by atoms with van der Waals surface area (Å²) in [6, 6.07) is 0. The second-order valence-electron chi connectivity index (χ2n) is 7.10. The van der Waals surface area contributed by atoms with Crippen molar-refractivity contribution in [3.8, 4) is 0 Å². The van der Waals surface area contributed by atoms with E-state index < -0.39 is 0 Å². The van der Waals surface area contributed by atoms with Gasteiger partial charge in [0.15, 0.2) is 5.96 Å². The first-order valence-corrected chi connectivity index (χ1v) is 7.50. The Kier molecular flexibility index (Phi) is 8.58. The summed E-state index contributed by atoms with van der Waals surface area (Å²) in [5, 5.41) is 9.31. The van der Waals surface area contributed by atoms with E-state index in [9.17, 15) is 4.79 Å². The Balaban J connectivity index is 0.00000400. The molecule has 1 rings (SSSR count). The largest absolute Gasteiger partial charge is 0.356 e. The van der Waals surface area contributed by atoms with E-state index in [1.54, 1.807) is 7.05 Å². The Hall–Kier alpha value is -0.530. The molecule has 3 N–H and O–H groups in total. The summed E-state index contributed by atoms with van der Waals surface area (Å²) >= 11 is 0. The number of guanidine groups is 1. The van der Waals surface area contributed by atoms with Gasteiger partial charge in [-0.15, -0.1) is 24.0 Å². The van der Waals surface area contributed by atoms with Crippen molar-refractivity contribution in [3.63, 3.8) is 0 Å². The van der Waals surface area contributed by atoms with Crippen LogP contribution in [-0.4, -0.2) is 37.5 Å². The number of aliphatic imine (C=N–C) groups is 1. The van der Waals surface area contributed by atoms with Gasteiger partial charge in [0.05, 0.1) is 6.54 Å². The zero-order valence-electron chi connectivity index (χ0n) is 14.0. The van der Waals surface area contributed by atoms with Crippen LogP contribution in [0.25, 0.3) is 0 Å². The minimum absolute atomic E-state index is 0. The number of carbonyl (C=O) groups is 1.